The number of carbonyl (C=O) groups is 1. The Labute approximate surface area is 76.5 Å². The first-order valence-electron chi connectivity index (χ1n) is 3.57. The summed E-state index contributed by atoms with van der Waals surface area (Å²) in [6.45, 7) is 0. The summed E-state index contributed by atoms with van der Waals surface area (Å²) in [6, 6.07) is 0. The van der Waals surface area contributed by atoms with Crippen molar-refractivity contribution < 1.29 is 9.90 Å². The van der Waals surface area contributed by atoms with Gasteiger partial charge >= 0.3 is 5.97 Å². The molecule has 0 aromatic rings. The highest BCUT2D eigenvalue weighted by Crippen LogP contribution is 2.10. The van der Waals surface area contributed by atoms with E-state index in [0.717, 1.165) is 12.8 Å². The van der Waals surface area contributed by atoms with Gasteiger partial charge in [-0.1, -0.05) is 6.42 Å². The fourth-order valence-electron chi connectivity index (χ4n) is 0.752. The maximum absolute atomic E-state index is 10.4. The Morgan fingerprint density at radius 3 is 2.36 bits per heavy atom. The molecule has 0 amide bonds. The van der Waals surface area contributed by atoms with Gasteiger partial charge in [0.15, 0.2) is 0 Å². The molecule has 1 unspecified atom stereocenters. The van der Waals surface area contributed by atoms with E-state index in [9.17, 15) is 4.79 Å². The van der Waals surface area contributed by atoms with Gasteiger partial charge in [0.05, 0.1) is 5.92 Å². The first kappa shape index (κ1) is 11.1. The van der Waals surface area contributed by atoms with Gasteiger partial charge in [-0.2, -0.15) is 0 Å². The number of unbranched alkanes of at least 4 members (excludes halogenated alkanes) is 1. The lowest BCUT2D eigenvalue weighted by atomic mass is 10.1. The lowest BCUT2D eigenvalue weighted by Gasteiger charge is -2.06. The van der Waals surface area contributed by atoms with Gasteiger partial charge in [-0.05, 0) is 12.8 Å². The largest absolute Gasteiger partial charge is 0.481 e. The molecule has 2 nitrogen and oxygen atoms in total. The molecule has 0 aromatic carbocycles. The normalized spacial score (nSPS) is 12.9. The van der Waals surface area contributed by atoms with E-state index in [4.69, 9.17) is 28.3 Å². The summed E-state index contributed by atoms with van der Waals surface area (Å²) < 4.78 is 0. The molecule has 0 heterocycles. The van der Waals surface area contributed by atoms with Crippen molar-refractivity contribution in [1.29, 1.82) is 0 Å². The molecule has 0 saturated carbocycles. The zero-order chi connectivity index (χ0) is 8.69. The van der Waals surface area contributed by atoms with E-state index in [2.05, 4.69) is 0 Å². The molecule has 1 atom stereocenters. The summed E-state index contributed by atoms with van der Waals surface area (Å²) in [5, 5.41) is 8.56. The summed E-state index contributed by atoms with van der Waals surface area (Å²) in [5.74, 6) is -0.429. The Hall–Kier alpha value is 0.0500. The Balaban J connectivity index is 3.44. The van der Waals surface area contributed by atoms with Crippen molar-refractivity contribution in [1.82, 2.24) is 0 Å². The number of hydrogen-bond acceptors (Lipinski definition) is 1. The van der Waals surface area contributed by atoms with Crippen molar-refractivity contribution >= 4 is 29.2 Å². The van der Waals surface area contributed by atoms with Gasteiger partial charge in [-0.15, -0.1) is 23.2 Å². The summed E-state index contributed by atoms with van der Waals surface area (Å²) in [7, 11) is 0. The minimum Gasteiger partial charge on any atom is -0.481 e. The van der Waals surface area contributed by atoms with Crippen molar-refractivity contribution in [3.05, 3.63) is 0 Å². The van der Waals surface area contributed by atoms with E-state index < -0.39 is 11.9 Å². The number of hydrogen-bond donors (Lipinski definition) is 1. The monoisotopic (exact) mass is 198 g/mol. The minimum atomic E-state index is -0.811. The van der Waals surface area contributed by atoms with Gasteiger partial charge < -0.3 is 5.11 Å². The summed E-state index contributed by atoms with van der Waals surface area (Å²) in [6.07, 6.45) is 2.33. The topological polar surface area (TPSA) is 37.3 Å². The predicted molar refractivity (Wildman–Crippen MR) is 46.4 cm³/mol. The molecule has 11 heavy (non-hydrogen) atoms. The highest BCUT2D eigenvalue weighted by atomic mass is 35.5. The smallest absolute Gasteiger partial charge is 0.307 e. The Kier molecular flexibility index (Phi) is 6.77. The van der Waals surface area contributed by atoms with E-state index in [1.807, 2.05) is 0 Å². The van der Waals surface area contributed by atoms with Gasteiger partial charge in [-0.3, -0.25) is 4.79 Å². The average Bonchev–Trinajstić information content (AvgIpc) is 1.97. The number of alkyl halides is 2. The van der Waals surface area contributed by atoms with Crippen LogP contribution in [0.2, 0.25) is 0 Å². The van der Waals surface area contributed by atoms with Gasteiger partial charge in [0, 0.05) is 11.8 Å². The summed E-state index contributed by atoms with van der Waals surface area (Å²) in [5.41, 5.74) is 0. The van der Waals surface area contributed by atoms with Crippen LogP contribution in [0.15, 0.2) is 0 Å². The number of rotatable bonds is 6. The van der Waals surface area contributed by atoms with Gasteiger partial charge in [0.2, 0.25) is 0 Å². The standard InChI is InChI=1S/C7H12Cl2O2/c8-4-2-1-3-6(5-9)7(10)11/h6H,1-5H2,(H,10,11). The lowest BCUT2D eigenvalue weighted by Crippen LogP contribution is -2.14. The highest BCUT2D eigenvalue weighted by Gasteiger charge is 2.14. The molecule has 0 spiro atoms. The fraction of sp³-hybridized carbons (Fsp3) is 0.857. The zero-order valence-electron chi connectivity index (χ0n) is 6.22. The number of carboxylic acid groups (broad SMARTS) is 1. The third kappa shape index (κ3) is 5.33. The summed E-state index contributed by atoms with van der Waals surface area (Å²) in [4.78, 5) is 10.4. The third-order valence-electron chi connectivity index (χ3n) is 1.47. The van der Waals surface area contributed by atoms with E-state index in [1.165, 1.54) is 0 Å². The van der Waals surface area contributed by atoms with Crippen LogP contribution in [-0.2, 0) is 4.79 Å². The maximum atomic E-state index is 10.4. The predicted octanol–water partition coefficient (Wildman–Crippen LogP) is 2.34. The van der Waals surface area contributed by atoms with E-state index in [1.54, 1.807) is 0 Å². The van der Waals surface area contributed by atoms with Crippen LogP contribution in [0, 0.1) is 5.92 Å². The van der Waals surface area contributed by atoms with E-state index in [-0.39, 0.29) is 5.88 Å². The van der Waals surface area contributed by atoms with Crippen molar-refractivity contribution in [3.8, 4) is 0 Å². The quantitative estimate of drug-likeness (QED) is 0.526. The van der Waals surface area contributed by atoms with Crippen LogP contribution in [0.3, 0.4) is 0 Å². The second-order valence-electron chi connectivity index (χ2n) is 2.37. The molecule has 0 aliphatic carbocycles. The van der Waals surface area contributed by atoms with E-state index >= 15 is 0 Å². The zero-order valence-corrected chi connectivity index (χ0v) is 7.74. The summed E-state index contributed by atoms with van der Waals surface area (Å²) >= 11 is 10.9. The van der Waals surface area contributed by atoms with Crippen LogP contribution >= 0.6 is 23.2 Å². The third-order valence-corrected chi connectivity index (χ3v) is 2.11. The molecule has 66 valence electrons. The molecule has 0 aliphatic heterocycles. The number of carboxylic acids is 1. The van der Waals surface area contributed by atoms with Crippen molar-refractivity contribution in [2.75, 3.05) is 11.8 Å². The van der Waals surface area contributed by atoms with Crippen LogP contribution in [0.4, 0.5) is 0 Å². The molecule has 0 bridgehead atoms. The van der Waals surface area contributed by atoms with Crippen molar-refractivity contribution in [2.45, 2.75) is 19.3 Å². The molecular weight excluding hydrogens is 187 g/mol. The van der Waals surface area contributed by atoms with Gasteiger partial charge in [0.25, 0.3) is 0 Å². The molecule has 0 fully saturated rings. The fourth-order valence-corrected chi connectivity index (χ4v) is 1.23. The highest BCUT2D eigenvalue weighted by molar-refractivity contribution is 6.19. The van der Waals surface area contributed by atoms with Crippen LogP contribution in [0.5, 0.6) is 0 Å². The molecule has 4 heteroatoms. The SMILES string of the molecule is O=C(O)C(CCl)CCCCCl. The second-order valence-corrected chi connectivity index (χ2v) is 3.06. The van der Waals surface area contributed by atoms with Crippen LogP contribution in [-0.4, -0.2) is 22.8 Å². The van der Waals surface area contributed by atoms with Crippen molar-refractivity contribution in [2.24, 2.45) is 5.92 Å². The van der Waals surface area contributed by atoms with Crippen LogP contribution in [0.25, 0.3) is 0 Å². The van der Waals surface area contributed by atoms with Gasteiger partial charge in [0.1, 0.15) is 0 Å². The maximum Gasteiger partial charge on any atom is 0.307 e. The van der Waals surface area contributed by atoms with E-state index in [0.29, 0.717) is 12.3 Å². The molecule has 0 radical (unpaired) electrons. The molecule has 1 N–H and O–H groups in total. The first-order valence-corrected chi connectivity index (χ1v) is 4.64. The minimum absolute atomic E-state index is 0.192. The van der Waals surface area contributed by atoms with Crippen LogP contribution < -0.4 is 0 Å². The van der Waals surface area contributed by atoms with Gasteiger partial charge in [-0.25, -0.2) is 0 Å². The Morgan fingerprint density at radius 1 is 1.36 bits per heavy atom. The molecule has 0 rings (SSSR count). The average molecular weight is 199 g/mol. The molecule has 0 aliphatic rings. The second kappa shape index (κ2) is 6.74. The van der Waals surface area contributed by atoms with Crippen LogP contribution in [0.1, 0.15) is 19.3 Å². The van der Waals surface area contributed by atoms with Crippen molar-refractivity contribution in [3.63, 3.8) is 0 Å². The Bertz CT molecular complexity index is 117. The molecule has 0 saturated heterocycles. The number of halogens is 2. The molecule has 0 aromatic heterocycles. The lowest BCUT2D eigenvalue weighted by molar-refractivity contribution is -0.141. The Morgan fingerprint density at radius 2 is 2.00 bits per heavy atom. The number of aliphatic carboxylic acids is 1. The first-order chi connectivity index (χ1) is 5.22. The molecular formula is C7H12Cl2O2.